The molecule has 2 N–H and O–H groups in total. The monoisotopic (exact) mass is 563 g/mol. The van der Waals surface area contributed by atoms with Crippen molar-refractivity contribution in [2.45, 2.75) is 17.0 Å². The van der Waals surface area contributed by atoms with E-state index < -0.39 is 23.5 Å². The largest absolute Gasteiger partial charge is 0.493 e. The van der Waals surface area contributed by atoms with Gasteiger partial charge in [0.15, 0.2) is 16.7 Å². The molecule has 3 aromatic carbocycles. The van der Waals surface area contributed by atoms with Gasteiger partial charge in [-0.05, 0) is 54.1 Å². The molecule has 0 spiro atoms. The summed E-state index contributed by atoms with van der Waals surface area (Å²) < 4.78 is 55.1. The van der Waals surface area contributed by atoms with Crippen LogP contribution >= 0.6 is 27.7 Å². The highest BCUT2D eigenvalue weighted by Gasteiger charge is 2.22. The minimum Gasteiger partial charge on any atom is -0.493 e. The third kappa shape index (κ3) is 5.34. The Kier molecular flexibility index (Phi) is 7.73. The third-order valence-corrected chi connectivity index (χ3v) is 6.82. The van der Waals surface area contributed by atoms with Gasteiger partial charge >= 0.3 is 0 Å². The Morgan fingerprint density at radius 1 is 0.971 bits per heavy atom. The van der Waals surface area contributed by atoms with Crippen LogP contribution in [-0.2, 0) is 5.75 Å². The summed E-state index contributed by atoms with van der Waals surface area (Å²) in [5.41, 5.74) is 8.48. The molecule has 4 aromatic rings. The number of thioether (sulfide) groups is 1. The van der Waals surface area contributed by atoms with E-state index in [1.165, 1.54) is 31.4 Å². The molecule has 1 heterocycles. The number of halogens is 4. The summed E-state index contributed by atoms with van der Waals surface area (Å²) in [7, 11) is 3.08. The van der Waals surface area contributed by atoms with E-state index in [-0.39, 0.29) is 11.3 Å². The van der Waals surface area contributed by atoms with Crippen LogP contribution in [0.25, 0.3) is 5.69 Å². The van der Waals surface area contributed by atoms with Gasteiger partial charge < -0.3 is 15.2 Å². The van der Waals surface area contributed by atoms with Gasteiger partial charge in [0, 0.05) is 21.5 Å². The summed E-state index contributed by atoms with van der Waals surface area (Å²) in [4.78, 5) is 4.47. The van der Waals surface area contributed by atoms with Crippen LogP contribution in [0.2, 0.25) is 0 Å². The van der Waals surface area contributed by atoms with Crippen LogP contribution in [0.5, 0.6) is 11.5 Å². The quantitative estimate of drug-likeness (QED) is 0.251. The molecule has 182 valence electrons. The molecule has 0 fully saturated rings. The lowest BCUT2D eigenvalue weighted by atomic mass is 10.0. The highest BCUT2D eigenvalue weighted by Crippen LogP contribution is 2.35. The van der Waals surface area contributed by atoms with Gasteiger partial charge in [0.2, 0.25) is 0 Å². The normalized spacial score (nSPS) is 12.0. The van der Waals surface area contributed by atoms with Crippen LogP contribution in [0.15, 0.2) is 70.4 Å². The first kappa shape index (κ1) is 25.2. The zero-order chi connectivity index (χ0) is 25.1. The molecular weight excluding hydrogens is 543 g/mol. The predicted octanol–water partition coefficient (Wildman–Crippen LogP) is 6.41. The topological polar surface area (TPSA) is 62.3 Å². The lowest BCUT2D eigenvalue weighted by molar-refractivity contribution is 0.354. The zero-order valence-electron chi connectivity index (χ0n) is 18.8. The van der Waals surface area contributed by atoms with Crippen LogP contribution in [0, 0.1) is 17.5 Å². The SMILES string of the molecule is COc1ccc(C(N)c2cnc(SCc3c(F)cc(Br)cc3F)n2-c2ccc(F)cc2)cc1OC. The van der Waals surface area contributed by atoms with Crippen molar-refractivity contribution in [2.24, 2.45) is 5.73 Å². The number of methoxy groups -OCH3 is 2. The Morgan fingerprint density at radius 3 is 2.26 bits per heavy atom. The second-order valence-electron chi connectivity index (χ2n) is 7.51. The Balaban J connectivity index is 1.74. The van der Waals surface area contributed by atoms with Crippen LogP contribution in [0.4, 0.5) is 13.2 Å². The lowest BCUT2D eigenvalue weighted by Gasteiger charge is -2.18. The number of aromatic nitrogens is 2. The van der Waals surface area contributed by atoms with Crippen molar-refractivity contribution in [3.8, 4) is 17.2 Å². The molecule has 0 saturated heterocycles. The standard InChI is InChI=1S/C25H21BrF3N3O2S/c1-33-22-8-3-14(9-23(22)34-2)24(30)21-12-31-25(32(21)17-6-4-16(27)5-7-17)35-13-18-19(28)10-15(26)11-20(18)29/h3-12,24H,13,30H2,1-2H3. The van der Waals surface area contributed by atoms with E-state index in [1.54, 1.807) is 42.1 Å². The molecule has 1 aromatic heterocycles. The molecule has 0 saturated carbocycles. The van der Waals surface area contributed by atoms with E-state index in [0.29, 0.717) is 32.5 Å². The zero-order valence-corrected chi connectivity index (χ0v) is 21.2. The van der Waals surface area contributed by atoms with Gasteiger partial charge in [0.05, 0.1) is 32.2 Å². The molecule has 1 atom stereocenters. The van der Waals surface area contributed by atoms with E-state index in [1.807, 2.05) is 6.07 Å². The maximum atomic E-state index is 14.4. The van der Waals surface area contributed by atoms with Gasteiger partial charge in [0.25, 0.3) is 0 Å². The van der Waals surface area contributed by atoms with Gasteiger partial charge in [-0.3, -0.25) is 4.57 Å². The number of hydrogen-bond donors (Lipinski definition) is 1. The van der Waals surface area contributed by atoms with E-state index >= 15 is 0 Å². The number of hydrogen-bond acceptors (Lipinski definition) is 5. The summed E-state index contributed by atoms with van der Waals surface area (Å²) in [6.45, 7) is 0. The average Bonchev–Trinajstić information content (AvgIpc) is 3.26. The molecule has 10 heteroatoms. The number of nitrogens with two attached hydrogens (primary N) is 1. The molecule has 0 aliphatic heterocycles. The Hall–Kier alpha value is -2.95. The highest BCUT2D eigenvalue weighted by atomic mass is 79.9. The van der Waals surface area contributed by atoms with Gasteiger partial charge in [-0.15, -0.1) is 0 Å². The summed E-state index contributed by atoms with van der Waals surface area (Å²) in [5, 5.41) is 0.448. The lowest BCUT2D eigenvalue weighted by Crippen LogP contribution is -2.16. The molecule has 0 aliphatic rings. The molecule has 0 bridgehead atoms. The van der Waals surface area contributed by atoms with Gasteiger partial charge in [-0.25, -0.2) is 18.2 Å². The summed E-state index contributed by atoms with van der Waals surface area (Å²) in [6, 6.07) is 12.9. The fourth-order valence-corrected chi connectivity index (χ4v) is 5.00. The Bertz CT molecular complexity index is 1330. The minimum atomic E-state index is -0.661. The minimum absolute atomic E-state index is 0.00576. The molecular formula is C25H21BrF3N3O2S. The summed E-state index contributed by atoms with van der Waals surface area (Å²) in [6.07, 6.45) is 1.60. The van der Waals surface area contributed by atoms with Crippen molar-refractivity contribution >= 4 is 27.7 Å². The van der Waals surface area contributed by atoms with Crippen LogP contribution in [0.1, 0.15) is 22.9 Å². The van der Waals surface area contributed by atoms with E-state index in [0.717, 1.165) is 17.3 Å². The van der Waals surface area contributed by atoms with E-state index in [2.05, 4.69) is 20.9 Å². The van der Waals surface area contributed by atoms with Gasteiger partial charge in [0.1, 0.15) is 17.5 Å². The van der Waals surface area contributed by atoms with Crippen molar-refractivity contribution in [1.82, 2.24) is 9.55 Å². The number of ether oxygens (including phenoxy) is 2. The van der Waals surface area contributed by atoms with Crippen molar-refractivity contribution in [3.05, 3.63) is 99.5 Å². The second kappa shape index (κ2) is 10.8. The Morgan fingerprint density at radius 2 is 1.63 bits per heavy atom. The summed E-state index contributed by atoms with van der Waals surface area (Å²) >= 11 is 4.23. The third-order valence-electron chi connectivity index (χ3n) is 5.38. The maximum Gasteiger partial charge on any atom is 0.173 e. The molecule has 0 amide bonds. The first-order chi connectivity index (χ1) is 16.8. The van der Waals surface area contributed by atoms with Gasteiger partial charge in [-0.1, -0.05) is 33.8 Å². The van der Waals surface area contributed by atoms with E-state index in [9.17, 15) is 13.2 Å². The van der Waals surface area contributed by atoms with E-state index in [4.69, 9.17) is 15.2 Å². The average molecular weight is 564 g/mol. The van der Waals surface area contributed by atoms with Crippen molar-refractivity contribution in [2.75, 3.05) is 14.2 Å². The molecule has 5 nitrogen and oxygen atoms in total. The number of nitrogens with zero attached hydrogens (tertiary/aromatic N) is 2. The van der Waals surface area contributed by atoms with Gasteiger partial charge in [-0.2, -0.15) is 0 Å². The number of rotatable bonds is 8. The summed E-state index contributed by atoms with van der Waals surface area (Å²) in [5.74, 6) is -0.644. The fraction of sp³-hybridized carbons (Fsp3) is 0.160. The first-order valence-corrected chi connectivity index (χ1v) is 12.2. The van der Waals surface area contributed by atoms with Crippen molar-refractivity contribution in [1.29, 1.82) is 0 Å². The molecule has 4 rings (SSSR count). The number of benzene rings is 3. The fourth-order valence-electron chi connectivity index (χ4n) is 3.58. The van der Waals surface area contributed by atoms with Crippen LogP contribution < -0.4 is 15.2 Å². The smallest absolute Gasteiger partial charge is 0.173 e. The van der Waals surface area contributed by atoms with Crippen molar-refractivity contribution in [3.63, 3.8) is 0 Å². The number of imidazole rings is 1. The van der Waals surface area contributed by atoms with Crippen molar-refractivity contribution < 1.29 is 22.6 Å². The molecule has 1 unspecified atom stereocenters. The predicted molar refractivity (Wildman–Crippen MR) is 133 cm³/mol. The Labute approximate surface area is 213 Å². The first-order valence-electron chi connectivity index (χ1n) is 10.4. The molecule has 0 aliphatic carbocycles. The second-order valence-corrected chi connectivity index (χ2v) is 9.36. The maximum absolute atomic E-state index is 14.4. The molecule has 0 radical (unpaired) electrons. The van der Waals surface area contributed by atoms with Crippen LogP contribution in [0.3, 0.4) is 0 Å². The highest BCUT2D eigenvalue weighted by molar-refractivity contribution is 9.10. The molecule has 35 heavy (non-hydrogen) atoms. The van der Waals surface area contributed by atoms with Crippen LogP contribution in [-0.4, -0.2) is 23.8 Å².